The average molecular weight is 371 g/mol. The summed E-state index contributed by atoms with van der Waals surface area (Å²) >= 11 is 0. The third-order valence-electron chi connectivity index (χ3n) is 4.39. The molecule has 0 aromatic heterocycles. The van der Waals surface area contributed by atoms with Crippen LogP contribution in [-0.4, -0.2) is 16.6 Å². The van der Waals surface area contributed by atoms with Crippen LogP contribution < -0.4 is 11.1 Å². The molecule has 138 valence electrons. The molecule has 28 heavy (non-hydrogen) atoms. The van der Waals surface area contributed by atoms with Gasteiger partial charge in [0.25, 0.3) is 5.69 Å². The van der Waals surface area contributed by atoms with Crippen LogP contribution in [0.15, 0.2) is 88.8 Å². The van der Waals surface area contributed by atoms with Gasteiger partial charge in [0.1, 0.15) is 17.7 Å². The number of benzene rings is 3. The van der Waals surface area contributed by atoms with Crippen molar-refractivity contribution in [3.8, 4) is 0 Å². The largest absolute Gasteiger partial charge is 0.393 e. The zero-order valence-electron chi connectivity index (χ0n) is 14.8. The van der Waals surface area contributed by atoms with Crippen molar-refractivity contribution in [2.24, 2.45) is 9.98 Å². The highest BCUT2D eigenvalue weighted by atomic mass is 16.6. The van der Waals surface area contributed by atoms with Crippen LogP contribution in [0.1, 0.15) is 22.9 Å². The summed E-state index contributed by atoms with van der Waals surface area (Å²) in [5, 5.41) is 14.5. The quantitative estimate of drug-likeness (QED) is 0.414. The van der Waals surface area contributed by atoms with Crippen molar-refractivity contribution in [3.05, 3.63) is 106 Å². The molecule has 7 heteroatoms. The number of nitro benzene ring substituents is 1. The average Bonchev–Trinajstić information content (AvgIpc) is 2.75. The standard InChI is InChI=1S/C21H17N5O2/c22-17-12-11-16(13-18(17)26(27)28)21-24-19(14-7-3-1-4-8-14)23-20(25-21)15-9-5-2-6-10-15/h1-13,21H,22H2,(H,23,24,25). The third kappa shape index (κ3) is 3.45. The molecular formula is C21H17N5O2. The number of aliphatic imine (C=N–C) groups is 2. The Balaban J connectivity index is 1.80. The van der Waals surface area contributed by atoms with Crippen LogP contribution in [0.2, 0.25) is 0 Å². The van der Waals surface area contributed by atoms with Crippen LogP contribution >= 0.6 is 0 Å². The SMILES string of the molecule is Nc1ccc(C2N=C(c3ccccc3)N=C(c3ccccc3)N2)cc1[N+](=O)[O-]. The van der Waals surface area contributed by atoms with E-state index in [1.807, 2.05) is 60.7 Å². The molecule has 0 radical (unpaired) electrons. The smallest absolute Gasteiger partial charge is 0.292 e. The minimum absolute atomic E-state index is 0.119. The Hall–Kier alpha value is -4.00. The molecule has 7 nitrogen and oxygen atoms in total. The second kappa shape index (κ2) is 7.32. The van der Waals surface area contributed by atoms with E-state index in [0.717, 1.165) is 11.1 Å². The van der Waals surface area contributed by atoms with E-state index in [0.29, 0.717) is 17.2 Å². The monoisotopic (exact) mass is 371 g/mol. The number of rotatable bonds is 4. The molecule has 0 spiro atoms. The number of nitrogens with two attached hydrogens (primary N) is 1. The topological polar surface area (TPSA) is 106 Å². The van der Waals surface area contributed by atoms with E-state index < -0.39 is 11.1 Å². The molecule has 0 bridgehead atoms. The van der Waals surface area contributed by atoms with Gasteiger partial charge in [-0.05, 0) is 6.07 Å². The fourth-order valence-electron chi connectivity index (χ4n) is 2.97. The molecule has 1 unspecified atom stereocenters. The lowest BCUT2D eigenvalue weighted by molar-refractivity contribution is -0.384. The first-order valence-electron chi connectivity index (χ1n) is 8.69. The fourth-order valence-corrected chi connectivity index (χ4v) is 2.97. The molecular weight excluding hydrogens is 354 g/mol. The molecule has 3 N–H and O–H groups in total. The summed E-state index contributed by atoms with van der Waals surface area (Å²) in [6, 6.07) is 24.0. The lowest BCUT2D eigenvalue weighted by Crippen LogP contribution is -2.33. The highest BCUT2D eigenvalue weighted by molar-refractivity contribution is 6.13. The van der Waals surface area contributed by atoms with Crippen molar-refractivity contribution in [2.45, 2.75) is 6.17 Å². The summed E-state index contributed by atoms with van der Waals surface area (Å²) in [7, 11) is 0. The van der Waals surface area contributed by atoms with Crippen LogP contribution in [-0.2, 0) is 0 Å². The van der Waals surface area contributed by atoms with E-state index in [1.54, 1.807) is 6.07 Å². The van der Waals surface area contributed by atoms with Gasteiger partial charge in [-0.3, -0.25) is 10.1 Å². The number of anilines is 1. The summed E-state index contributed by atoms with van der Waals surface area (Å²) in [6.07, 6.45) is -0.526. The Morgan fingerprint density at radius 2 is 1.57 bits per heavy atom. The van der Waals surface area contributed by atoms with Gasteiger partial charge in [0.05, 0.1) is 4.92 Å². The van der Waals surface area contributed by atoms with Crippen molar-refractivity contribution < 1.29 is 4.92 Å². The number of hydrogen-bond acceptors (Lipinski definition) is 6. The van der Waals surface area contributed by atoms with Gasteiger partial charge in [0.15, 0.2) is 5.84 Å². The van der Waals surface area contributed by atoms with Gasteiger partial charge in [0.2, 0.25) is 0 Å². The van der Waals surface area contributed by atoms with Crippen LogP contribution in [0.5, 0.6) is 0 Å². The van der Waals surface area contributed by atoms with Crippen molar-refractivity contribution in [2.75, 3.05) is 5.73 Å². The number of amidine groups is 2. The molecule has 1 aliphatic rings. The zero-order chi connectivity index (χ0) is 19.5. The predicted octanol–water partition coefficient (Wildman–Crippen LogP) is 3.67. The normalized spacial score (nSPS) is 15.9. The van der Waals surface area contributed by atoms with E-state index in [2.05, 4.69) is 15.3 Å². The lowest BCUT2D eigenvalue weighted by Gasteiger charge is -2.23. The van der Waals surface area contributed by atoms with Crippen LogP contribution in [0.25, 0.3) is 0 Å². The summed E-state index contributed by atoms with van der Waals surface area (Å²) in [4.78, 5) is 20.1. The number of nitro groups is 1. The van der Waals surface area contributed by atoms with Gasteiger partial charge >= 0.3 is 0 Å². The first-order valence-corrected chi connectivity index (χ1v) is 8.69. The highest BCUT2D eigenvalue weighted by Gasteiger charge is 2.23. The van der Waals surface area contributed by atoms with Crippen LogP contribution in [0.3, 0.4) is 0 Å². The molecule has 0 saturated carbocycles. The zero-order valence-corrected chi connectivity index (χ0v) is 14.8. The Bertz CT molecular complexity index is 1080. The Labute approximate surface area is 161 Å². The minimum Gasteiger partial charge on any atom is -0.393 e. The molecule has 0 amide bonds. The Kier molecular flexibility index (Phi) is 4.55. The summed E-state index contributed by atoms with van der Waals surface area (Å²) in [5.41, 5.74) is 8.12. The van der Waals surface area contributed by atoms with E-state index in [1.165, 1.54) is 12.1 Å². The van der Waals surface area contributed by atoms with E-state index >= 15 is 0 Å². The molecule has 3 aromatic rings. The maximum absolute atomic E-state index is 11.3. The van der Waals surface area contributed by atoms with Crippen LogP contribution in [0.4, 0.5) is 11.4 Å². The number of nitrogens with zero attached hydrogens (tertiary/aromatic N) is 3. The predicted molar refractivity (Wildman–Crippen MR) is 109 cm³/mol. The molecule has 3 aromatic carbocycles. The lowest BCUT2D eigenvalue weighted by atomic mass is 10.1. The second-order valence-electron chi connectivity index (χ2n) is 6.27. The van der Waals surface area contributed by atoms with E-state index in [9.17, 15) is 10.1 Å². The van der Waals surface area contributed by atoms with Gasteiger partial charge in [-0.1, -0.05) is 66.7 Å². The van der Waals surface area contributed by atoms with Gasteiger partial charge in [-0.15, -0.1) is 0 Å². The van der Waals surface area contributed by atoms with Crippen molar-refractivity contribution in [3.63, 3.8) is 0 Å². The number of nitrogens with one attached hydrogen (secondary N) is 1. The van der Waals surface area contributed by atoms with Crippen molar-refractivity contribution >= 4 is 23.0 Å². The maximum atomic E-state index is 11.3. The first kappa shape index (κ1) is 17.4. The molecule has 1 heterocycles. The van der Waals surface area contributed by atoms with Gasteiger partial charge < -0.3 is 11.1 Å². The summed E-state index contributed by atoms with van der Waals surface area (Å²) in [5.74, 6) is 1.21. The number of hydrogen-bond donors (Lipinski definition) is 2. The third-order valence-corrected chi connectivity index (χ3v) is 4.39. The molecule has 4 rings (SSSR count). The Morgan fingerprint density at radius 1 is 0.929 bits per heavy atom. The molecule has 0 fully saturated rings. The second-order valence-corrected chi connectivity index (χ2v) is 6.27. The maximum Gasteiger partial charge on any atom is 0.292 e. The summed E-state index contributed by atoms with van der Waals surface area (Å²) < 4.78 is 0. The molecule has 0 aliphatic carbocycles. The highest BCUT2D eigenvalue weighted by Crippen LogP contribution is 2.28. The fraction of sp³-hybridized carbons (Fsp3) is 0.0476. The van der Waals surface area contributed by atoms with Crippen LogP contribution in [0, 0.1) is 10.1 Å². The molecule has 0 saturated heterocycles. The van der Waals surface area contributed by atoms with E-state index in [-0.39, 0.29) is 11.4 Å². The van der Waals surface area contributed by atoms with Crippen molar-refractivity contribution in [1.29, 1.82) is 0 Å². The van der Waals surface area contributed by atoms with E-state index in [4.69, 9.17) is 5.73 Å². The first-order chi connectivity index (χ1) is 13.6. The Morgan fingerprint density at radius 3 is 2.21 bits per heavy atom. The summed E-state index contributed by atoms with van der Waals surface area (Å²) in [6.45, 7) is 0. The van der Waals surface area contributed by atoms with Gasteiger partial charge in [-0.2, -0.15) is 0 Å². The van der Waals surface area contributed by atoms with Crippen molar-refractivity contribution in [1.82, 2.24) is 5.32 Å². The van der Waals surface area contributed by atoms with Gasteiger partial charge in [-0.25, -0.2) is 9.98 Å². The number of nitrogen functional groups attached to an aromatic ring is 1. The molecule has 1 atom stereocenters. The molecule has 1 aliphatic heterocycles. The van der Waals surface area contributed by atoms with Gasteiger partial charge in [0, 0.05) is 22.8 Å². The minimum atomic E-state index is -0.526.